The van der Waals surface area contributed by atoms with E-state index in [1.54, 1.807) is 36.4 Å². The van der Waals surface area contributed by atoms with Crippen LogP contribution in [0.5, 0.6) is 5.75 Å². The number of nitrogens with zero attached hydrogens (tertiary/aromatic N) is 3. The van der Waals surface area contributed by atoms with Crippen molar-refractivity contribution in [3.05, 3.63) is 53.7 Å². The minimum Gasteiger partial charge on any atom is -0.495 e. The zero-order chi connectivity index (χ0) is 28.9. The Kier molecular flexibility index (Phi) is 8.84. The molecule has 1 aliphatic rings. The first-order chi connectivity index (χ1) is 19.1. The lowest BCUT2D eigenvalue weighted by Gasteiger charge is -2.33. The van der Waals surface area contributed by atoms with Gasteiger partial charge in [-0.2, -0.15) is 23.0 Å². The van der Waals surface area contributed by atoms with Gasteiger partial charge < -0.3 is 25.6 Å². The molecule has 12 heteroatoms. The average molecular weight is 559 g/mol. The SMILES string of the molecule is CNC(=O)c1ccc(NCC#Cn2nc3c(N[C@@H]4CCN(C)C[C@@H]4F)cccc3c2/C=C/C(F)(F)F)c(OC)c1. The molecule has 40 heavy (non-hydrogen) atoms. The molecule has 1 aromatic heterocycles. The van der Waals surface area contributed by atoms with E-state index in [0.29, 0.717) is 46.6 Å². The average Bonchev–Trinajstić information content (AvgIpc) is 3.28. The summed E-state index contributed by atoms with van der Waals surface area (Å²) in [5, 5.41) is 13.7. The van der Waals surface area contributed by atoms with Crippen molar-refractivity contribution in [2.45, 2.75) is 24.8 Å². The number of allylic oxidation sites excluding steroid dienone is 1. The normalized spacial score (nSPS) is 17.9. The summed E-state index contributed by atoms with van der Waals surface area (Å²) in [5.41, 5.74) is 2.07. The Hall–Kier alpha value is -4.24. The zero-order valence-corrected chi connectivity index (χ0v) is 22.3. The Morgan fingerprint density at radius 3 is 2.75 bits per heavy atom. The Morgan fingerprint density at radius 1 is 1.25 bits per heavy atom. The summed E-state index contributed by atoms with van der Waals surface area (Å²) in [5.74, 6) is 3.03. The van der Waals surface area contributed by atoms with Crippen LogP contribution in [0.25, 0.3) is 17.0 Å². The van der Waals surface area contributed by atoms with Gasteiger partial charge >= 0.3 is 6.18 Å². The fraction of sp³-hybridized carbons (Fsp3) is 0.357. The Bertz CT molecular complexity index is 1460. The molecule has 2 atom stereocenters. The number of piperidine rings is 1. The summed E-state index contributed by atoms with van der Waals surface area (Å²) in [6.07, 6.45) is -4.00. The number of fused-ring (bicyclic) bond motifs is 1. The van der Waals surface area contributed by atoms with E-state index in [0.717, 1.165) is 12.6 Å². The summed E-state index contributed by atoms with van der Waals surface area (Å²) in [6, 6.07) is 12.3. The molecule has 1 amide bonds. The van der Waals surface area contributed by atoms with Gasteiger partial charge in [0.2, 0.25) is 0 Å². The van der Waals surface area contributed by atoms with Gasteiger partial charge in [0.15, 0.2) is 0 Å². The predicted molar refractivity (Wildman–Crippen MR) is 147 cm³/mol. The van der Waals surface area contributed by atoms with Crippen LogP contribution in [0.3, 0.4) is 0 Å². The maximum absolute atomic E-state index is 14.7. The minimum absolute atomic E-state index is 0.110. The van der Waals surface area contributed by atoms with Crippen molar-refractivity contribution >= 4 is 34.3 Å². The molecule has 2 aromatic carbocycles. The molecule has 4 rings (SSSR count). The summed E-state index contributed by atoms with van der Waals surface area (Å²) in [7, 11) is 4.85. The minimum atomic E-state index is -4.53. The second-order valence-electron chi connectivity index (χ2n) is 9.33. The fourth-order valence-corrected chi connectivity index (χ4v) is 4.46. The van der Waals surface area contributed by atoms with Crippen molar-refractivity contribution in [1.29, 1.82) is 0 Å². The number of rotatable bonds is 7. The third kappa shape index (κ3) is 6.84. The van der Waals surface area contributed by atoms with Gasteiger partial charge in [0, 0.05) is 43.2 Å². The molecular weight excluding hydrogens is 528 g/mol. The number of nitrogens with one attached hydrogen (secondary N) is 3. The molecule has 3 aromatic rings. The molecule has 212 valence electrons. The third-order valence-corrected chi connectivity index (χ3v) is 6.50. The summed E-state index contributed by atoms with van der Waals surface area (Å²) < 4.78 is 60.4. The first kappa shape index (κ1) is 28.8. The van der Waals surface area contributed by atoms with Gasteiger partial charge in [-0.3, -0.25) is 4.79 Å². The molecule has 0 saturated carbocycles. The van der Waals surface area contributed by atoms with Crippen LogP contribution in [0.1, 0.15) is 22.5 Å². The number of methoxy groups -OCH3 is 1. The number of ether oxygens (including phenoxy) is 1. The number of carbonyl (C=O) groups is 1. The Labute approximate surface area is 229 Å². The lowest BCUT2D eigenvalue weighted by atomic mass is 10.0. The van der Waals surface area contributed by atoms with Crippen LogP contribution in [0, 0.1) is 12.0 Å². The number of aromatic nitrogens is 2. The van der Waals surface area contributed by atoms with E-state index >= 15 is 0 Å². The van der Waals surface area contributed by atoms with Crippen LogP contribution >= 0.6 is 0 Å². The monoisotopic (exact) mass is 558 g/mol. The van der Waals surface area contributed by atoms with Crippen molar-refractivity contribution < 1.29 is 27.1 Å². The number of carbonyl (C=O) groups excluding carboxylic acids is 1. The maximum atomic E-state index is 14.7. The number of amides is 1. The standard InChI is InChI=1S/C28H30F4N6O2/c1-33-27(39)18-8-9-22(25(16-18)40-3)34-13-5-14-38-24(10-12-28(30,31)32)19-6-4-7-23(26(19)36-38)35-21-11-15-37(2)17-20(21)29/h4,6-10,12,16,20-21,34-35H,11,13,15,17H2,1-3H3,(H,33,39)/b12-10+/t20-,21+/m0/s1. The maximum Gasteiger partial charge on any atom is 0.409 e. The fourth-order valence-electron chi connectivity index (χ4n) is 4.46. The molecule has 0 spiro atoms. The van der Waals surface area contributed by atoms with Crippen molar-refractivity contribution in [2.75, 3.05) is 51.5 Å². The molecule has 3 N–H and O–H groups in total. The van der Waals surface area contributed by atoms with E-state index in [4.69, 9.17) is 4.74 Å². The van der Waals surface area contributed by atoms with Crippen LogP contribution in [0.15, 0.2) is 42.5 Å². The van der Waals surface area contributed by atoms with Crippen LogP contribution < -0.4 is 20.7 Å². The second-order valence-corrected chi connectivity index (χ2v) is 9.33. The lowest BCUT2D eigenvalue weighted by Crippen LogP contribution is -2.46. The number of alkyl halides is 4. The molecule has 1 aliphatic heterocycles. The summed E-state index contributed by atoms with van der Waals surface area (Å²) in [4.78, 5) is 13.8. The van der Waals surface area contributed by atoms with Gasteiger partial charge in [0.25, 0.3) is 5.91 Å². The Balaban J connectivity index is 1.61. The molecule has 1 fully saturated rings. The molecule has 1 saturated heterocycles. The number of anilines is 2. The first-order valence-electron chi connectivity index (χ1n) is 12.6. The van der Waals surface area contributed by atoms with E-state index in [1.807, 2.05) is 11.9 Å². The van der Waals surface area contributed by atoms with Gasteiger partial charge in [0.05, 0.1) is 36.8 Å². The lowest BCUT2D eigenvalue weighted by molar-refractivity contribution is -0.0790. The van der Waals surface area contributed by atoms with Crippen LogP contribution in [0.2, 0.25) is 0 Å². The molecule has 0 aliphatic carbocycles. The molecular formula is C28H30F4N6O2. The summed E-state index contributed by atoms with van der Waals surface area (Å²) in [6.45, 7) is 1.12. The van der Waals surface area contributed by atoms with Crippen LogP contribution in [-0.2, 0) is 0 Å². The third-order valence-electron chi connectivity index (χ3n) is 6.50. The highest BCUT2D eigenvalue weighted by Crippen LogP contribution is 2.30. The number of hydrogen-bond donors (Lipinski definition) is 3. The van der Waals surface area contributed by atoms with Gasteiger partial charge in [-0.1, -0.05) is 18.1 Å². The highest BCUT2D eigenvalue weighted by atomic mass is 19.4. The van der Waals surface area contributed by atoms with Gasteiger partial charge in [-0.15, -0.1) is 0 Å². The first-order valence-corrected chi connectivity index (χ1v) is 12.6. The number of hydrogen-bond acceptors (Lipinski definition) is 6. The van der Waals surface area contributed by atoms with Gasteiger partial charge in [0.1, 0.15) is 17.4 Å². The number of halogens is 4. The predicted octanol–water partition coefficient (Wildman–Crippen LogP) is 4.36. The number of benzene rings is 2. The molecule has 0 bridgehead atoms. The Morgan fingerprint density at radius 2 is 2.05 bits per heavy atom. The second kappa shape index (κ2) is 12.3. The highest BCUT2D eigenvalue weighted by Gasteiger charge is 2.28. The van der Waals surface area contributed by atoms with Crippen LogP contribution in [0.4, 0.5) is 28.9 Å². The smallest absolute Gasteiger partial charge is 0.409 e. The summed E-state index contributed by atoms with van der Waals surface area (Å²) >= 11 is 0. The molecule has 8 nitrogen and oxygen atoms in total. The van der Waals surface area contributed by atoms with E-state index < -0.39 is 18.4 Å². The van der Waals surface area contributed by atoms with E-state index in [9.17, 15) is 22.4 Å². The van der Waals surface area contributed by atoms with Crippen molar-refractivity contribution in [3.8, 4) is 17.7 Å². The number of likely N-dealkylation sites (tertiary alicyclic amines) is 1. The molecule has 0 unspecified atom stereocenters. The highest BCUT2D eigenvalue weighted by molar-refractivity contribution is 5.96. The molecule has 0 radical (unpaired) electrons. The van der Waals surface area contributed by atoms with Crippen molar-refractivity contribution in [3.63, 3.8) is 0 Å². The van der Waals surface area contributed by atoms with Gasteiger partial charge in [-0.25, -0.2) is 4.39 Å². The van der Waals surface area contributed by atoms with Gasteiger partial charge in [-0.05, 0) is 43.8 Å². The van der Waals surface area contributed by atoms with Crippen LogP contribution in [-0.4, -0.2) is 79.8 Å². The molecule has 2 heterocycles. The van der Waals surface area contributed by atoms with E-state index in [1.165, 1.54) is 18.8 Å². The van der Waals surface area contributed by atoms with E-state index in [-0.39, 0.29) is 24.2 Å². The van der Waals surface area contributed by atoms with E-state index in [2.05, 4.69) is 33.0 Å². The zero-order valence-electron chi connectivity index (χ0n) is 22.3. The van der Waals surface area contributed by atoms with Crippen molar-refractivity contribution in [2.24, 2.45) is 0 Å². The quantitative estimate of drug-likeness (QED) is 0.296. The van der Waals surface area contributed by atoms with Crippen molar-refractivity contribution in [1.82, 2.24) is 20.0 Å². The largest absolute Gasteiger partial charge is 0.495 e. The topological polar surface area (TPSA) is 83.5 Å².